The third-order valence-corrected chi connectivity index (χ3v) is 6.67. The van der Waals surface area contributed by atoms with E-state index in [4.69, 9.17) is 0 Å². The van der Waals surface area contributed by atoms with Crippen LogP contribution in [0.25, 0.3) is 0 Å². The zero-order valence-electron chi connectivity index (χ0n) is 19.8. The number of amides is 2. The second kappa shape index (κ2) is 12.2. The fraction of sp³-hybridized carbons (Fsp3) is 0.286. The van der Waals surface area contributed by atoms with Crippen LogP contribution in [-0.2, 0) is 22.6 Å². The summed E-state index contributed by atoms with van der Waals surface area (Å²) >= 11 is 4.96. The van der Waals surface area contributed by atoms with Crippen LogP contribution in [0.2, 0.25) is 0 Å². The zero-order chi connectivity index (χ0) is 24.6. The fourth-order valence-electron chi connectivity index (χ4n) is 3.54. The predicted octanol–water partition coefficient (Wildman–Crippen LogP) is 6.10. The van der Waals surface area contributed by atoms with E-state index in [1.54, 1.807) is 4.90 Å². The molecule has 0 unspecified atom stereocenters. The highest BCUT2D eigenvalue weighted by Gasteiger charge is 2.32. The Morgan fingerprint density at radius 3 is 2.06 bits per heavy atom. The molecule has 3 aromatic carbocycles. The molecular formula is C28H31BrN2O2S. The summed E-state index contributed by atoms with van der Waals surface area (Å²) in [5.74, 6) is 0.0440. The van der Waals surface area contributed by atoms with Crippen molar-refractivity contribution >= 4 is 39.5 Å². The van der Waals surface area contributed by atoms with Crippen molar-refractivity contribution in [2.45, 2.75) is 50.2 Å². The van der Waals surface area contributed by atoms with E-state index in [2.05, 4.69) is 21.2 Å². The molecule has 0 bridgehead atoms. The van der Waals surface area contributed by atoms with Gasteiger partial charge >= 0.3 is 0 Å². The van der Waals surface area contributed by atoms with E-state index in [1.807, 2.05) is 106 Å². The topological polar surface area (TPSA) is 49.4 Å². The third-order valence-electron chi connectivity index (χ3n) is 5.14. The van der Waals surface area contributed by atoms with Crippen LogP contribution in [-0.4, -0.2) is 34.0 Å². The smallest absolute Gasteiger partial charge is 0.243 e. The lowest BCUT2D eigenvalue weighted by Gasteiger charge is -2.34. The molecule has 1 atom stereocenters. The SMILES string of the molecule is CC(C)(C)NC(=O)[C@@H](Cc1ccccc1)N(Cc1ccc(Br)cc1)C(=O)CSc1ccccc1. The molecule has 4 nitrogen and oxygen atoms in total. The Labute approximate surface area is 215 Å². The predicted molar refractivity (Wildman–Crippen MR) is 144 cm³/mol. The first-order valence-corrected chi connectivity index (χ1v) is 13.1. The minimum atomic E-state index is -0.630. The zero-order valence-corrected chi connectivity index (χ0v) is 22.2. The van der Waals surface area contributed by atoms with Crippen LogP contribution < -0.4 is 5.32 Å². The van der Waals surface area contributed by atoms with Crippen LogP contribution >= 0.6 is 27.7 Å². The summed E-state index contributed by atoms with van der Waals surface area (Å²) in [5, 5.41) is 3.10. The average Bonchev–Trinajstić information content (AvgIpc) is 2.81. The Kier molecular flexibility index (Phi) is 9.36. The van der Waals surface area contributed by atoms with E-state index in [-0.39, 0.29) is 17.6 Å². The standard InChI is InChI=1S/C28H31BrN2O2S/c1-28(2,3)30-27(33)25(18-21-10-6-4-7-11-21)31(19-22-14-16-23(29)17-15-22)26(32)20-34-24-12-8-5-9-13-24/h4-17,25H,18-20H2,1-3H3,(H,30,33)/t25-/m1/s1. The summed E-state index contributed by atoms with van der Waals surface area (Å²) < 4.78 is 0.972. The van der Waals surface area contributed by atoms with Gasteiger partial charge in [0.25, 0.3) is 0 Å². The normalized spacial score (nSPS) is 12.1. The number of halogens is 1. The summed E-state index contributed by atoms with van der Waals surface area (Å²) in [6.45, 7) is 6.22. The Morgan fingerprint density at radius 1 is 0.882 bits per heavy atom. The van der Waals surface area contributed by atoms with Crippen molar-refractivity contribution in [3.05, 3.63) is 101 Å². The molecule has 2 amide bonds. The summed E-state index contributed by atoms with van der Waals surface area (Å²) in [4.78, 5) is 29.9. The molecule has 3 aromatic rings. The van der Waals surface area contributed by atoms with E-state index in [0.29, 0.717) is 13.0 Å². The first-order chi connectivity index (χ1) is 16.2. The Morgan fingerprint density at radius 2 is 1.47 bits per heavy atom. The number of nitrogens with zero attached hydrogens (tertiary/aromatic N) is 1. The van der Waals surface area contributed by atoms with Gasteiger partial charge in [-0.15, -0.1) is 11.8 Å². The van der Waals surface area contributed by atoms with Gasteiger partial charge in [0.05, 0.1) is 5.75 Å². The largest absolute Gasteiger partial charge is 0.350 e. The van der Waals surface area contributed by atoms with Crippen molar-refractivity contribution < 1.29 is 9.59 Å². The van der Waals surface area contributed by atoms with E-state index in [0.717, 1.165) is 20.5 Å². The van der Waals surface area contributed by atoms with Crippen LogP contribution in [0, 0.1) is 0 Å². The van der Waals surface area contributed by atoms with Crippen molar-refractivity contribution in [2.24, 2.45) is 0 Å². The van der Waals surface area contributed by atoms with E-state index < -0.39 is 11.6 Å². The quantitative estimate of drug-likeness (QED) is 0.335. The van der Waals surface area contributed by atoms with Crippen LogP contribution in [0.5, 0.6) is 0 Å². The Bertz CT molecular complexity index is 1070. The number of nitrogens with one attached hydrogen (secondary N) is 1. The van der Waals surface area contributed by atoms with Gasteiger partial charge in [-0.25, -0.2) is 0 Å². The maximum Gasteiger partial charge on any atom is 0.243 e. The second-order valence-electron chi connectivity index (χ2n) is 9.19. The molecular weight excluding hydrogens is 508 g/mol. The van der Waals surface area contributed by atoms with Gasteiger partial charge in [-0.3, -0.25) is 9.59 Å². The minimum Gasteiger partial charge on any atom is -0.350 e. The highest BCUT2D eigenvalue weighted by molar-refractivity contribution is 9.10. The van der Waals surface area contributed by atoms with Crippen molar-refractivity contribution in [3.63, 3.8) is 0 Å². The Hall–Kier alpha value is -2.57. The molecule has 34 heavy (non-hydrogen) atoms. The first kappa shape index (κ1) is 26.0. The molecule has 0 aliphatic rings. The maximum absolute atomic E-state index is 13.6. The summed E-state index contributed by atoms with van der Waals surface area (Å²) in [6.07, 6.45) is 0.445. The van der Waals surface area contributed by atoms with Gasteiger partial charge in [0.15, 0.2) is 0 Å². The lowest BCUT2D eigenvalue weighted by Crippen LogP contribution is -2.54. The van der Waals surface area contributed by atoms with Gasteiger partial charge in [-0.1, -0.05) is 76.6 Å². The van der Waals surface area contributed by atoms with Crippen LogP contribution in [0.15, 0.2) is 94.3 Å². The molecule has 0 fully saturated rings. The summed E-state index contributed by atoms with van der Waals surface area (Å²) in [5.41, 5.74) is 1.58. The van der Waals surface area contributed by atoms with Crippen LogP contribution in [0.3, 0.4) is 0 Å². The van der Waals surface area contributed by atoms with Gasteiger partial charge in [0.2, 0.25) is 11.8 Å². The number of hydrogen-bond donors (Lipinski definition) is 1. The van der Waals surface area contributed by atoms with Crippen molar-refractivity contribution in [3.8, 4) is 0 Å². The molecule has 6 heteroatoms. The molecule has 0 saturated heterocycles. The summed E-state index contributed by atoms with van der Waals surface area (Å²) in [7, 11) is 0. The van der Waals surface area contributed by atoms with Crippen molar-refractivity contribution in [1.29, 1.82) is 0 Å². The van der Waals surface area contributed by atoms with Crippen LogP contribution in [0.1, 0.15) is 31.9 Å². The molecule has 0 aliphatic heterocycles. The second-order valence-corrected chi connectivity index (χ2v) is 11.2. The first-order valence-electron chi connectivity index (χ1n) is 11.3. The van der Waals surface area contributed by atoms with Gasteiger partial charge < -0.3 is 10.2 Å². The fourth-order valence-corrected chi connectivity index (χ4v) is 4.61. The lowest BCUT2D eigenvalue weighted by atomic mass is 10.0. The number of carbonyl (C=O) groups is 2. The molecule has 1 N–H and O–H groups in total. The molecule has 178 valence electrons. The van der Waals surface area contributed by atoms with Gasteiger partial charge in [-0.2, -0.15) is 0 Å². The number of rotatable bonds is 9. The lowest BCUT2D eigenvalue weighted by molar-refractivity contribution is -0.140. The van der Waals surface area contributed by atoms with Crippen LogP contribution in [0.4, 0.5) is 0 Å². The maximum atomic E-state index is 13.6. The van der Waals surface area contributed by atoms with Gasteiger partial charge in [-0.05, 0) is 56.2 Å². The minimum absolute atomic E-state index is 0.0678. The number of carbonyl (C=O) groups excluding carboxylic acids is 2. The highest BCUT2D eigenvalue weighted by Crippen LogP contribution is 2.22. The van der Waals surface area contributed by atoms with Crippen molar-refractivity contribution in [2.75, 3.05) is 5.75 Å². The molecule has 3 rings (SSSR count). The number of benzene rings is 3. The molecule has 0 aliphatic carbocycles. The van der Waals surface area contributed by atoms with Crippen molar-refractivity contribution in [1.82, 2.24) is 10.2 Å². The number of thioether (sulfide) groups is 1. The molecule has 0 saturated carbocycles. The van der Waals surface area contributed by atoms with E-state index in [1.165, 1.54) is 11.8 Å². The van der Waals surface area contributed by atoms with E-state index >= 15 is 0 Å². The number of hydrogen-bond acceptors (Lipinski definition) is 3. The highest BCUT2D eigenvalue weighted by atomic mass is 79.9. The molecule has 0 radical (unpaired) electrons. The van der Waals surface area contributed by atoms with E-state index in [9.17, 15) is 9.59 Å². The average molecular weight is 540 g/mol. The van der Waals surface area contributed by atoms with Gasteiger partial charge in [0, 0.05) is 27.9 Å². The summed E-state index contributed by atoms with van der Waals surface area (Å²) in [6, 6.07) is 27.0. The van der Waals surface area contributed by atoms with Gasteiger partial charge in [0.1, 0.15) is 6.04 Å². The monoisotopic (exact) mass is 538 g/mol. The molecule has 0 heterocycles. The molecule has 0 aromatic heterocycles. The third kappa shape index (κ3) is 8.33. The Balaban J connectivity index is 1.91. The molecule has 0 spiro atoms.